The number of rotatable bonds is 5. The molecule has 1 unspecified atom stereocenters. The van der Waals surface area contributed by atoms with Crippen LogP contribution in [0.3, 0.4) is 0 Å². The smallest absolute Gasteiger partial charge is 0.253 e. The second-order valence-corrected chi connectivity index (χ2v) is 4.65. The van der Waals surface area contributed by atoms with Crippen LogP contribution in [0.5, 0.6) is 0 Å². The third-order valence-corrected chi connectivity index (χ3v) is 3.00. The van der Waals surface area contributed by atoms with E-state index in [0.29, 0.717) is 18.0 Å². The Morgan fingerprint density at radius 2 is 1.81 bits per heavy atom. The van der Waals surface area contributed by atoms with Crippen LogP contribution in [0.1, 0.15) is 12.8 Å². The van der Waals surface area contributed by atoms with Crippen molar-refractivity contribution < 1.29 is 14.3 Å². The normalized spacial score (nSPS) is 16.9. The Balaban J connectivity index is 0.00000220. The Morgan fingerprint density at radius 3 is 2.33 bits per heavy atom. The molecule has 0 aliphatic carbocycles. The van der Waals surface area contributed by atoms with Crippen molar-refractivity contribution in [2.75, 3.05) is 30.8 Å². The quantitative estimate of drug-likeness (QED) is 0.767. The van der Waals surface area contributed by atoms with E-state index in [1.54, 1.807) is 31.3 Å². The van der Waals surface area contributed by atoms with Gasteiger partial charge in [-0.3, -0.25) is 9.59 Å². The summed E-state index contributed by atoms with van der Waals surface area (Å²) < 4.78 is 5.31. The summed E-state index contributed by atoms with van der Waals surface area (Å²) in [5.74, 6) is -0.224. The maximum absolute atomic E-state index is 11.8. The first-order chi connectivity index (χ1) is 9.69. The van der Waals surface area contributed by atoms with Gasteiger partial charge < -0.3 is 20.7 Å². The van der Waals surface area contributed by atoms with Gasteiger partial charge in [0.25, 0.3) is 5.91 Å². The Morgan fingerprint density at radius 1 is 1.19 bits per heavy atom. The lowest BCUT2D eigenvalue weighted by molar-refractivity contribution is -0.124. The van der Waals surface area contributed by atoms with Crippen LogP contribution in [-0.2, 0) is 14.3 Å². The zero-order valence-corrected chi connectivity index (χ0v) is 12.7. The standard InChI is InChI=1S/C14H19N3O3.ClH/c1-15-9-13(18)16-10-4-6-11(7-5-10)17-14(19)12-3-2-8-20-12;/h4-7,12,15H,2-3,8-9H2,1H3,(H,16,18)(H,17,19);1H. The number of hydrogen-bond donors (Lipinski definition) is 3. The van der Waals surface area contributed by atoms with Gasteiger partial charge in [0, 0.05) is 18.0 Å². The monoisotopic (exact) mass is 313 g/mol. The van der Waals surface area contributed by atoms with E-state index >= 15 is 0 Å². The highest BCUT2D eigenvalue weighted by molar-refractivity contribution is 5.95. The van der Waals surface area contributed by atoms with E-state index < -0.39 is 0 Å². The van der Waals surface area contributed by atoms with Crippen molar-refractivity contribution in [1.29, 1.82) is 0 Å². The van der Waals surface area contributed by atoms with Crippen LogP contribution in [0.4, 0.5) is 11.4 Å². The van der Waals surface area contributed by atoms with Gasteiger partial charge >= 0.3 is 0 Å². The first-order valence-corrected chi connectivity index (χ1v) is 6.66. The van der Waals surface area contributed by atoms with Crippen LogP contribution < -0.4 is 16.0 Å². The molecule has 0 bridgehead atoms. The number of hydrogen-bond acceptors (Lipinski definition) is 4. The third-order valence-electron chi connectivity index (χ3n) is 3.00. The van der Waals surface area contributed by atoms with Crippen molar-refractivity contribution in [3.63, 3.8) is 0 Å². The molecule has 6 nitrogen and oxygen atoms in total. The number of carbonyl (C=O) groups excluding carboxylic acids is 2. The van der Waals surface area contributed by atoms with Crippen molar-refractivity contribution in [3.05, 3.63) is 24.3 Å². The van der Waals surface area contributed by atoms with Crippen LogP contribution in [0.2, 0.25) is 0 Å². The highest BCUT2D eigenvalue weighted by Gasteiger charge is 2.23. The van der Waals surface area contributed by atoms with E-state index in [1.165, 1.54) is 0 Å². The number of anilines is 2. The molecule has 1 aromatic carbocycles. The Hall–Kier alpha value is -1.63. The minimum Gasteiger partial charge on any atom is -0.368 e. The van der Waals surface area contributed by atoms with Gasteiger partial charge in [-0.25, -0.2) is 0 Å². The highest BCUT2D eigenvalue weighted by Crippen LogP contribution is 2.17. The zero-order chi connectivity index (χ0) is 14.4. The summed E-state index contributed by atoms with van der Waals surface area (Å²) >= 11 is 0. The first kappa shape index (κ1) is 17.4. The molecule has 1 aromatic rings. The summed E-state index contributed by atoms with van der Waals surface area (Å²) in [7, 11) is 1.71. The topological polar surface area (TPSA) is 79.5 Å². The number of nitrogens with one attached hydrogen (secondary N) is 3. The number of amides is 2. The Bertz CT molecular complexity index is 473. The van der Waals surface area contributed by atoms with E-state index in [2.05, 4.69) is 16.0 Å². The maximum Gasteiger partial charge on any atom is 0.253 e. The molecule has 1 aliphatic heterocycles. The molecule has 1 saturated heterocycles. The van der Waals surface area contributed by atoms with Crippen LogP contribution in [0, 0.1) is 0 Å². The Labute approximate surface area is 130 Å². The third kappa shape index (κ3) is 5.34. The van der Waals surface area contributed by atoms with Gasteiger partial charge in [0.15, 0.2) is 0 Å². The molecule has 21 heavy (non-hydrogen) atoms. The fourth-order valence-electron chi connectivity index (χ4n) is 2.01. The molecule has 1 atom stereocenters. The molecule has 3 N–H and O–H groups in total. The molecule has 0 radical (unpaired) electrons. The van der Waals surface area contributed by atoms with Gasteiger partial charge in [0.1, 0.15) is 6.10 Å². The van der Waals surface area contributed by atoms with E-state index in [-0.39, 0.29) is 36.9 Å². The number of ether oxygens (including phenoxy) is 1. The molecular weight excluding hydrogens is 294 g/mol. The van der Waals surface area contributed by atoms with Gasteiger partial charge in [-0.1, -0.05) is 0 Å². The predicted octanol–water partition coefficient (Wildman–Crippen LogP) is 1.38. The molecule has 2 rings (SSSR count). The fraction of sp³-hybridized carbons (Fsp3) is 0.429. The van der Waals surface area contributed by atoms with Crippen LogP contribution >= 0.6 is 12.4 Å². The molecule has 1 fully saturated rings. The summed E-state index contributed by atoms with van der Waals surface area (Å²) in [5.41, 5.74) is 1.39. The number of benzene rings is 1. The van der Waals surface area contributed by atoms with Crippen molar-refractivity contribution in [2.24, 2.45) is 0 Å². The lowest BCUT2D eigenvalue weighted by Gasteiger charge is -2.11. The first-order valence-electron chi connectivity index (χ1n) is 6.66. The lowest BCUT2D eigenvalue weighted by atomic mass is 10.2. The molecule has 1 aliphatic rings. The zero-order valence-electron chi connectivity index (χ0n) is 11.8. The molecule has 1 heterocycles. The van der Waals surface area contributed by atoms with Gasteiger partial charge in [-0.2, -0.15) is 0 Å². The number of carbonyl (C=O) groups is 2. The maximum atomic E-state index is 11.8. The predicted molar refractivity (Wildman–Crippen MR) is 83.9 cm³/mol. The molecule has 116 valence electrons. The van der Waals surface area contributed by atoms with E-state index in [1.807, 2.05) is 0 Å². The summed E-state index contributed by atoms with van der Waals surface area (Å²) in [5, 5.41) is 8.31. The van der Waals surface area contributed by atoms with Crippen molar-refractivity contribution in [1.82, 2.24) is 5.32 Å². The molecule has 0 aromatic heterocycles. The van der Waals surface area contributed by atoms with Gasteiger partial charge in [-0.05, 0) is 44.2 Å². The second-order valence-electron chi connectivity index (χ2n) is 4.65. The molecule has 0 saturated carbocycles. The van der Waals surface area contributed by atoms with Crippen molar-refractivity contribution >= 4 is 35.6 Å². The summed E-state index contributed by atoms with van der Waals surface area (Å²) in [6.45, 7) is 0.909. The molecule has 0 spiro atoms. The van der Waals surface area contributed by atoms with Crippen LogP contribution in [0.15, 0.2) is 24.3 Å². The van der Waals surface area contributed by atoms with E-state index in [0.717, 1.165) is 12.8 Å². The van der Waals surface area contributed by atoms with Crippen LogP contribution in [0.25, 0.3) is 0 Å². The Kier molecular flexibility index (Phi) is 7.14. The average molecular weight is 314 g/mol. The van der Waals surface area contributed by atoms with Gasteiger partial charge in [0.05, 0.1) is 6.54 Å². The lowest BCUT2D eigenvalue weighted by Crippen LogP contribution is -2.27. The SMILES string of the molecule is CNCC(=O)Nc1ccc(NC(=O)C2CCCO2)cc1.Cl. The average Bonchev–Trinajstić information content (AvgIpc) is 2.95. The summed E-state index contributed by atoms with van der Waals surface area (Å²) in [6.07, 6.45) is 1.35. The van der Waals surface area contributed by atoms with E-state index in [9.17, 15) is 9.59 Å². The van der Waals surface area contributed by atoms with Gasteiger partial charge in [0.2, 0.25) is 5.91 Å². The highest BCUT2D eigenvalue weighted by atomic mass is 35.5. The van der Waals surface area contributed by atoms with Crippen molar-refractivity contribution in [2.45, 2.75) is 18.9 Å². The summed E-state index contributed by atoms with van der Waals surface area (Å²) in [6, 6.07) is 7.00. The largest absolute Gasteiger partial charge is 0.368 e. The fourth-order valence-corrected chi connectivity index (χ4v) is 2.01. The van der Waals surface area contributed by atoms with Gasteiger partial charge in [-0.15, -0.1) is 12.4 Å². The van der Waals surface area contributed by atoms with Crippen LogP contribution in [-0.4, -0.2) is 38.1 Å². The van der Waals surface area contributed by atoms with Crippen molar-refractivity contribution in [3.8, 4) is 0 Å². The molecule has 7 heteroatoms. The minimum absolute atomic E-state index is 0. The summed E-state index contributed by atoms with van der Waals surface area (Å²) in [4.78, 5) is 23.2. The second kappa shape index (κ2) is 8.61. The number of halogens is 1. The number of likely N-dealkylation sites (N-methyl/N-ethyl adjacent to an activating group) is 1. The molecular formula is C14H20ClN3O3. The van der Waals surface area contributed by atoms with E-state index in [4.69, 9.17) is 4.74 Å². The molecule has 2 amide bonds. The minimum atomic E-state index is -0.343.